The summed E-state index contributed by atoms with van der Waals surface area (Å²) < 4.78 is 26.1. The molecule has 1 amide bonds. The molecule has 0 saturated heterocycles. The van der Waals surface area contributed by atoms with Crippen LogP contribution in [-0.4, -0.2) is 40.0 Å². The van der Waals surface area contributed by atoms with Crippen molar-refractivity contribution in [3.8, 4) is 0 Å². The molecule has 0 fully saturated rings. The van der Waals surface area contributed by atoms with Gasteiger partial charge in [-0.3, -0.25) is 34.7 Å². The van der Waals surface area contributed by atoms with Gasteiger partial charge in [0.15, 0.2) is 16.7 Å². The summed E-state index contributed by atoms with van der Waals surface area (Å²) >= 11 is 6.46. The molecule has 0 radical (unpaired) electrons. The number of nitro groups is 2. The number of ketones is 1. The number of hydrogen-bond donors (Lipinski definition) is 1. The Kier molecular flexibility index (Phi) is 7.32. The molecule has 1 aliphatic heterocycles. The quantitative estimate of drug-likeness (QED) is 0.154. The molecule has 0 saturated carbocycles. The number of amides is 1. The van der Waals surface area contributed by atoms with Crippen molar-refractivity contribution >= 4 is 61.0 Å². The Labute approximate surface area is 245 Å². The number of thiazole rings is 1. The number of anilines is 1. The summed E-state index contributed by atoms with van der Waals surface area (Å²) in [6.07, 6.45) is 0.963. The molecular weight excluding hydrogens is 612 g/mol. The predicted octanol–water partition coefficient (Wildman–Crippen LogP) is 5.23. The van der Waals surface area contributed by atoms with Crippen LogP contribution in [0.15, 0.2) is 99.4 Å². The molecule has 0 bridgehead atoms. The lowest BCUT2D eigenvalue weighted by Crippen LogP contribution is -2.31. The molecule has 212 valence electrons. The highest BCUT2D eigenvalue weighted by Crippen LogP contribution is 2.44. The Morgan fingerprint density at radius 2 is 1.62 bits per heavy atom. The van der Waals surface area contributed by atoms with Crippen molar-refractivity contribution < 1.29 is 33.0 Å². The van der Waals surface area contributed by atoms with Gasteiger partial charge < -0.3 is 5.11 Å². The summed E-state index contributed by atoms with van der Waals surface area (Å²) in [5, 5.41) is 33.4. The number of nitrogens with zero attached hydrogens (tertiary/aromatic N) is 4. The second-order valence-corrected chi connectivity index (χ2v) is 12.4. The smallest absolute Gasteiger partial charge is 0.296 e. The van der Waals surface area contributed by atoms with Crippen molar-refractivity contribution in [2.45, 2.75) is 15.1 Å². The van der Waals surface area contributed by atoms with Gasteiger partial charge in [-0.25, -0.2) is 13.4 Å². The lowest BCUT2D eigenvalue weighted by Gasteiger charge is -2.24. The summed E-state index contributed by atoms with van der Waals surface area (Å²) in [7, 11) is -4.25. The first-order valence-corrected chi connectivity index (χ1v) is 14.3. The van der Waals surface area contributed by atoms with Gasteiger partial charge in [0.05, 0.1) is 32.6 Å². The van der Waals surface area contributed by atoms with E-state index in [0.29, 0.717) is 16.4 Å². The largest absolute Gasteiger partial charge is 0.503 e. The molecule has 1 N–H and O–H groups in total. The number of hydrogen-bond acceptors (Lipinski definition) is 11. The van der Waals surface area contributed by atoms with Gasteiger partial charge in [-0.05, 0) is 42.0 Å². The van der Waals surface area contributed by atoms with Crippen LogP contribution in [0.2, 0.25) is 5.02 Å². The summed E-state index contributed by atoms with van der Waals surface area (Å²) in [5.41, 5.74) is -0.940. The molecule has 1 unspecified atom stereocenters. The van der Waals surface area contributed by atoms with Crippen LogP contribution in [-0.2, 0) is 14.6 Å². The molecule has 4 aromatic rings. The molecule has 1 aliphatic rings. The molecule has 16 heteroatoms. The first kappa shape index (κ1) is 28.5. The van der Waals surface area contributed by atoms with Crippen LogP contribution < -0.4 is 4.90 Å². The van der Waals surface area contributed by atoms with E-state index in [2.05, 4.69) is 4.98 Å². The molecule has 5 rings (SSSR count). The van der Waals surface area contributed by atoms with Crippen LogP contribution in [0, 0.1) is 20.2 Å². The highest BCUT2D eigenvalue weighted by atomic mass is 35.5. The molecule has 0 aliphatic carbocycles. The Morgan fingerprint density at radius 1 is 0.976 bits per heavy atom. The zero-order chi connectivity index (χ0) is 30.3. The molecule has 2 heterocycles. The Bertz CT molecular complexity index is 1920. The number of Topliss-reactive ketones (excluding diaryl/α,β-unsaturated/α-hetero) is 1. The zero-order valence-electron chi connectivity index (χ0n) is 20.8. The minimum atomic E-state index is -4.25. The highest BCUT2D eigenvalue weighted by molar-refractivity contribution is 7.93. The number of aromatic nitrogens is 1. The number of aliphatic hydroxyl groups excluding tert-OH is 1. The molecule has 1 aromatic heterocycles. The number of rotatable bonds is 8. The molecule has 1 atom stereocenters. The van der Waals surface area contributed by atoms with Gasteiger partial charge in [0, 0.05) is 34.9 Å². The second-order valence-electron chi connectivity index (χ2n) is 8.74. The lowest BCUT2D eigenvalue weighted by molar-refractivity contribution is -0.385. The van der Waals surface area contributed by atoms with Crippen molar-refractivity contribution in [3.63, 3.8) is 0 Å². The van der Waals surface area contributed by atoms with Gasteiger partial charge in [-0.1, -0.05) is 35.1 Å². The van der Waals surface area contributed by atoms with Crippen molar-refractivity contribution in [1.82, 2.24) is 4.98 Å². The van der Waals surface area contributed by atoms with Gasteiger partial charge in [0.1, 0.15) is 4.21 Å². The Morgan fingerprint density at radius 3 is 2.24 bits per heavy atom. The normalized spacial score (nSPS) is 15.2. The second kappa shape index (κ2) is 10.8. The Hall–Kier alpha value is -4.99. The van der Waals surface area contributed by atoms with E-state index in [1.165, 1.54) is 42.5 Å². The van der Waals surface area contributed by atoms with Gasteiger partial charge in [-0.15, -0.1) is 0 Å². The van der Waals surface area contributed by atoms with E-state index in [-0.39, 0.29) is 36.7 Å². The third kappa shape index (κ3) is 5.00. The van der Waals surface area contributed by atoms with E-state index in [1.807, 2.05) is 0 Å². The van der Waals surface area contributed by atoms with Gasteiger partial charge in [0.25, 0.3) is 17.3 Å². The average molecular weight is 627 g/mol. The number of carbonyl (C=O) groups excluding carboxylic acids is 2. The van der Waals surface area contributed by atoms with E-state index < -0.39 is 48.7 Å². The van der Waals surface area contributed by atoms with Gasteiger partial charge in [-0.2, -0.15) is 0 Å². The number of non-ortho nitro benzene ring substituents is 2. The van der Waals surface area contributed by atoms with E-state index in [1.54, 1.807) is 0 Å². The zero-order valence-corrected chi connectivity index (χ0v) is 23.2. The number of sulfone groups is 1. The van der Waals surface area contributed by atoms with Crippen LogP contribution in [0.1, 0.15) is 22.0 Å². The number of carbonyl (C=O) groups is 2. The fourth-order valence-electron chi connectivity index (χ4n) is 4.26. The van der Waals surface area contributed by atoms with Crippen molar-refractivity contribution in [3.05, 3.63) is 127 Å². The van der Waals surface area contributed by atoms with Gasteiger partial charge in [0.2, 0.25) is 9.84 Å². The number of nitro benzene ring substituents is 2. The fourth-order valence-corrected chi connectivity index (χ4v) is 6.94. The maximum atomic E-state index is 13.6. The SMILES string of the molecule is O=C(C1=C(O)C(=O)N(c2ncc(S(=O)(=O)c3ccc([N+](=O)[O-])cc3)s2)C1c1cccc([N+](=O)[O-])c1)c1ccc(Cl)cc1. The third-order valence-electron chi connectivity index (χ3n) is 6.26. The third-order valence-corrected chi connectivity index (χ3v) is 9.74. The predicted molar refractivity (Wildman–Crippen MR) is 149 cm³/mol. The Balaban J connectivity index is 1.61. The lowest BCUT2D eigenvalue weighted by atomic mass is 9.92. The highest BCUT2D eigenvalue weighted by Gasteiger charge is 2.46. The molecule has 13 nitrogen and oxygen atoms in total. The average Bonchev–Trinajstić information content (AvgIpc) is 3.56. The standard InChI is InChI=1S/C26H15ClN4O9S2/c27-16-6-4-14(5-7-16)23(32)21-22(15-2-1-3-18(12-15)31(37)38)29(25(34)24(21)33)26-28-13-20(41-26)42(39,40)19-10-8-17(9-11-19)30(35)36/h1-13,22,33H. The molecule has 0 spiro atoms. The summed E-state index contributed by atoms with van der Waals surface area (Å²) in [6, 6.07) is 13.4. The minimum absolute atomic E-state index is 0.0617. The summed E-state index contributed by atoms with van der Waals surface area (Å²) in [5.74, 6) is -2.80. The molecular formula is C26H15ClN4O9S2. The summed E-state index contributed by atoms with van der Waals surface area (Å²) in [4.78, 5) is 52.7. The van der Waals surface area contributed by atoms with Crippen LogP contribution in [0.4, 0.5) is 16.5 Å². The maximum Gasteiger partial charge on any atom is 0.296 e. The van der Waals surface area contributed by atoms with E-state index in [0.717, 1.165) is 41.4 Å². The summed E-state index contributed by atoms with van der Waals surface area (Å²) in [6.45, 7) is 0. The first-order valence-electron chi connectivity index (χ1n) is 11.7. The van der Waals surface area contributed by atoms with Crippen LogP contribution in [0.25, 0.3) is 0 Å². The van der Waals surface area contributed by atoms with Crippen molar-refractivity contribution in [2.75, 3.05) is 4.90 Å². The van der Waals surface area contributed by atoms with Crippen LogP contribution in [0.3, 0.4) is 0 Å². The maximum absolute atomic E-state index is 13.6. The topological polar surface area (TPSA) is 191 Å². The fraction of sp³-hybridized carbons (Fsp3) is 0.0385. The van der Waals surface area contributed by atoms with Crippen LogP contribution >= 0.6 is 22.9 Å². The monoisotopic (exact) mass is 626 g/mol. The van der Waals surface area contributed by atoms with E-state index >= 15 is 0 Å². The van der Waals surface area contributed by atoms with E-state index in [4.69, 9.17) is 11.6 Å². The van der Waals surface area contributed by atoms with Gasteiger partial charge >= 0.3 is 0 Å². The molecule has 42 heavy (non-hydrogen) atoms. The minimum Gasteiger partial charge on any atom is -0.503 e. The van der Waals surface area contributed by atoms with Crippen molar-refractivity contribution in [2.24, 2.45) is 0 Å². The van der Waals surface area contributed by atoms with Crippen molar-refractivity contribution in [1.29, 1.82) is 0 Å². The van der Waals surface area contributed by atoms with Crippen LogP contribution in [0.5, 0.6) is 0 Å². The number of benzene rings is 3. The number of halogens is 1. The first-order chi connectivity index (χ1) is 19.9. The molecule has 3 aromatic carbocycles. The van der Waals surface area contributed by atoms with E-state index in [9.17, 15) is 43.3 Å². The number of aliphatic hydroxyl groups is 1.